The average molecular weight is 465 g/mol. The molecule has 3 aromatic rings. The maximum atomic E-state index is 12.7. The summed E-state index contributed by atoms with van der Waals surface area (Å²) in [4.78, 5) is 36.8. The quantitative estimate of drug-likeness (QED) is 0.392. The summed E-state index contributed by atoms with van der Waals surface area (Å²) in [5, 5.41) is 14.3. The number of amides is 2. The number of hydrogen-bond acceptors (Lipinski definition) is 5. The number of aromatic carboxylic acids is 1. The van der Waals surface area contributed by atoms with E-state index >= 15 is 0 Å². The Balaban J connectivity index is 1.57. The van der Waals surface area contributed by atoms with Gasteiger partial charge in [-0.25, -0.2) is 4.79 Å². The molecule has 33 heavy (non-hydrogen) atoms. The van der Waals surface area contributed by atoms with Crippen molar-refractivity contribution in [1.82, 2.24) is 0 Å². The molecule has 0 heterocycles. The summed E-state index contributed by atoms with van der Waals surface area (Å²) in [5.41, 5.74) is 1.94. The second-order valence-electron chi connectivity index (χ2n) is 7.26. The Morgan fingerprint density at radius 1 is 0.970 bits per heavy atom. The Morgan fingerprint density at radius 2 is 1.73 bits per heavy atom. The van der Waals surface area contributed by atoms with Crippen LogP contribution in [0.25, 0.3) is 0 Å². The number of nitrogens with one attached hydrogen (secondary N) is 2. The largest absolute Gasteiger partial charge is 0.484 e. The number of carboxylic acid groups (broad SMARTS) is 1. The fraction of sp³-hybridized carbons (Fsp3) is 0.160. The van der Waals surface area contributed by atoms with Gasteiger partial charge in [0.1, 0.15) is 5.75 Å². The highest BCUT2D eigenvalue weighted by molar-refractivity contribution is 8.00. The number of carbonyl (C=O) groups excluding carboxylic acids is 2. The minimum absolute atomic E-state index is 0.107. The Kier molecular flexibility index (Phi) is 8.10. The highest BCUT2D eigenvalue weighted by Crippen LogP contribution is 2.27. The number of ether oxygens (including phenoxy) is 1. The van der Waals surface area contributed by atoms with Gasteiger partial charge in [-0.2, -0.15) is 0 Å². The fourth-order valence-electron chi connectivity index (χ4n) is 2.89. The van der Waals surface area contributed by atoms with Gasteiger partial charge in [0.05, 0.1) is 10.8 Å². The predicted molar refractivity (Wildman–Crippen MR) is 129 cm³/mol. The molecule has 0 bridgehead atoms. The fourth-order valence-corrected chi connectivity index (χ4v) is 3.82. The summed E-state index contributed by atoms with van der Waals surface area (Å²) in [7, 11) is 0. The topological polar surface area (TPSA) is 105 Å². The van der Waals surface area contributed by atoms with Crippen LogP contribution < -0.4 is 15.4 Å². The molecule has 0 radical (unpaired) electrons. The minimum atomic E-state index is -1.05. The zero-order chi connectivity index (χ0) is 23.8. The molecule has 1 atom stereocenters. The number of aryl methyl sites for hydroxylation is 1. The maximum absolute atomic E-state index is 12.7. The van der Waals surface area contributed by atoms with Crippen molar-refractivity contribution in [3.8, 4) is 5.75 Å². The lowest BCUT2D eigenvalue weighted by Gasteiger charge is -2.15. The van der Waals surface area contributed by atoms with Gasteiger partial charge in [-0.05, 0) is 61.9 Å². The molecule has 3 N–H and O–H groups in total. The monoisotopic (exact) mass is 464 g/mol. The molecule has 3 aromatic carbocycles. The second-order valence-corrected chi connectivity index (χ2v) is 8.68. The number of hydrogen-bond donors (Lipinski definition) is 3. The van der Waals surface area contributed by atoms with E-state index in [1.807, 2.05) is 24.3 Å². The third-order valence-electron chi connectivity index (χ3n) is 4.66. The van der Waals surface area contributed by atoms with Gasteiger partial charge in [-0.3, -0.25) is 9.59 Å². The van der Waals surface area contributed by atoms with Gasteiger partial charge in [-0.1, -0.05) is 30.3 Å². The van der Waals surface area contributed by atoms with Gasteiger partial charge in [0.25, 0.3) is 5.91 Å². The van der Waals surface area contributed by atoms with Crippen LogP contribution in [0.1, 0.15) is 22.8 Å². The first kappa shape index (κ1) is 23.9. The molecule has 8 heteroatoms. The summed E-state index contributed by atoms with van der Waals surface area (Å²) in [6.07, 6.45) is 0. The molecule has 0 aliphatic carbocycles. The van der Waals surface area contributed by atoms with Crippen molar-refractivity contribution in [2.45, 2.75) is 24.0 Å². The van der Waals surface area contributed by atoms with Crippen LogP contribution >= 0.6 is 11.8 Å². The molecular formula is C25H24N2O5S. The molecule has 0 aromatic heterocycles. The van der Waals surface area contributed by atoms with Gasteiger partial charge in [0.15, 0.2) is 6.61 Å². The van der Waals surface area contributed by atoms with Crippen molar-refractivity contribution in [3.63, 3.8) is 0 Å². The lowest BCUT2D eigenvalue weighted by atomic mass is 10.1. The first-order chi connectivity index (χ1) is 15.8. The van der Waals surface area contributed by atoms with E-state index in [1.54, 1.807) is 50.2 Å². The van der Waals surface area contributed by atoms with Crippen molar-refractivity contribution >= 4 is 40.9 Å². The second kappa shape index (κ2) is 11.2. The number of anilines is 2. The molecule has 0 fully saturated rings. The van der Waals surface area contributed by atoms with Crippen LogP contribution in [0, 0.1) is 6.92 Å². The highest BCUT2D eigenvalue weighted by Gasteiger charge is 2.17. The van der Waals surface area contributed by atoms with E-state index in [9.17, 15) is 14.4 Å². The first-order valence-electron chi connectivity index (χ1n) is 10.2. The summed E-state index contributed by atoms with van der Waals surface area (Å²) < 4.78 is 5.45. The van der Waals surface area contributed by atoms with Crippen LogP contribution in [0.3, 0.4) is 0 Å². The first-order valence-corrected chi connectivity index (χ1v) is 11.1. The van der Waals surface area contributed by atoms with E-state index in [2.05, 4.69) is 10.6 Å². The number of carbonyl (C=O) groups is 3. The Labute approximate surface area is 196 Å². The lowest BCUT2D eigenvalue weighted by Crippen LogP contribution is -2.23. The van der Waals surface area contributed by atoms with Gasteiger partial charge >= 0.3 is 5.97 Å². The van der Waals surface area contributed by atoms with E-state index < -0.39 is 11.2 Å². The van der Waals surface area contributed by atoms with Crippen molar-refractivity contribution in [2.24, 2.45) is 0 Å². The lowest BCUT2D eigenvalue weighted by molar-refractivity contribution is -0.118. The maximum Gasteiger partial charge on any atom is 0.335 e. The van der Waals surface area contributed by atoms with Crippen LogP contribution in [-0.2, 0) is 9.59 Å². The molecule has 0 aliphatic rings. The van der Waals surface area contributed by atoms with E-state index in [4.69, 9.17) is 9.84 Å². The molecule has 7 nitrogen and oxygen atoms in total. The van der Waals surface area contributed by atoms with Crippen molar-refractivity contribution in [1.29, 1.82) is 0 Å². The van der Waals surface area contributed by atoms with Crippen LogP contribution in [-0.4, -0.2) is 34.7 Å². The number of para-hydroxylation sites is 1. The van der Waals surface area contributed by atoms with Gasteiger partial charge in [0.2, 0.25) is 5.91 Å². The zero-order valence-corrected chi connectivity index (χ0v) is 19.0. The summed E-state index contributed by atoms with van der Waals surface area (Å²) in [6, 6.07) is 20.9. The number of rotatable bonds is 9. The third kappa shape index (κ3) is 7.11. The van der Waals surface area contributed by atoms with E-state index in [0.29, 0.717) is 17.1 Å². The van der Waals surface area contributed by atoms with Crippen LogP contribution in [0.4, 0.5) is 11.4 Å². The third-order valence-corrected chi connectivity index (χ3v) is 5.75. The predicted octanol–water partition coefficient (Wildman–Crippen LogP) is 4.83. The molecule has 0 spiro atoms. The summed E-state index contributed by atoms with van der Waals surface area (Å²) in [6.45, 7) is 3.44. The highest BCUT2D eigenvalue weighted by atomic mass is 32.2. The number of carboxylic acids is 1. The molecule has 0 saturated heterocycles. The number of thioether (sulfide) groups is 1. The molecule has 0 saturated carbocycles. The van der Waals surface area contributed by atoms with E-state index in [0.717, 1.165) is 10.5 Å². The molecular weight excluding hydrogens is 440 g/mol. The van der Waals surface area contributed by atoms with Crippen LogP contribution in [0.2, 0.25) is 0 Å². The Bertz CT molecular complexity index is 1150. The Morgan fingerprint density at radius 3 is 2.45 bits per heavy atom. The SMILES string of the molecule is Cc1ccc(C(=O)O)cc1NC(=O)C(C)Sc1cccc(NC(=O)COc2ccccc2)c1. The zero-order valence-electron chi connectivity index (χ0n) is 18.2. The van der Waals surface area contributed by atoms with Gasteiger partial charge in [0, 0.05) is 16.3 Å². The average Bonchev–Trinajstić information content (AvgIpc) is 2.80. The molecule has 1 unspecified atom stereocenters. The molecule has 170 valence electrons. The summed E-state index contributed by atoms with van der Waals surface area (Å²) in [5.74, 6) is -0.987. The normalized spacial score (nSPS) is 11.3. The van der Waals surface area contributed by atoms with Gasteiger partial charge < -0.3 is 20.5 Å². The van der Waals surface area contributed by atoms with Crippen molar-refractivity contribution in [2.75, 3.05) is 17.2 Å². The van der Waals surface area contributed by atoms with E-state index in [-0.39, 0.29) is 24.0 Å². The van der Waals surface area contributed by atoms with Crippen LogP contribution in [0.5, 0.6) is 5.75 Å². The number of benzene rings is 3. The smallest absolute Gasteiger partial charge is 0.335 e. The molecule has 3 rings (SSSR count). The van der Waals surface area contributed by atoms with E-state index in [1.165, 1.54) is 23.9 Å². The van der Waals surface area contributed by atoms with Crippen molar-refractivity contribution < 1.29 is 24.2 Å². The molecule has 0 aliphatic heterocycles. The van der Waals surface area contributed by atoms with Crippen LogP contribution in [0.15, 0.2) is 77.7 Å². The summed E-state index contributed by atoms with van der Waals surface area (Å²) >= 11 is 1.33. The van der Waals surface area contributed by atoms with Gasteiger partial charge in [-0.15, -0.1) is 11.8 Å². The standard InChI is InChI=1S/C25H24N2O5S/c1-16-11-12-18(25(30)31)13-22(16)27-24(29)17(2)33-21-10-6-7-19(14-21)26-23(28)15-32-20-8-4-3-5-9-20/h3-14,17H,15H2,1-2H3,(H,26,28)(H,27,29)(H,30,31). The minimum Gasteiger partial charge on any atom is -0.484 e. The molecule has 2 amide bonds. The Hall–Kier alpha value is -3.78. The van der Waals surface area contributed by atoms with Crippen molar-refractivity contribution in [3.05, 3.63) is 83.9 Å².